The van der Waals surface area contributed by atoms with Crippen molar-refractivity contribution in [2.75, 3.05) is 5.32 Å². The van der Waals surface area contributed by atoms with Gasteiger partial charge in [-0.2, -0.15) is 0 Å². The first-order valence-electron chi connectivity index (χ1n) is 7.14. The van der Waals surface area contributed by atoms with E-state index in [0.717, 1.165) is 0 Å². The first-order valence-corrected chi connectivity index (χ1v) is 7.14. The van der Waals surface area contributed by atoms with Crippen LogP contribution >= 0.6 is 0 Å². The molecule has 0 aliphatic carbocycles. The molecule has 3 rings (SSSR count). The summed E-state index contributed by atoms with van der Waals surface area (Å²) < 4.78 is 4.07. The molecule has 3 aromatic rings. The van der Waals surface area contributed by atoms with Crippen LogP contribution in [0.5, 0.6) is 0 Å². The maximum absolute atomic E-state index is 4.47. The van der Waals surface area contributed by atoms with Crippen molar-refractivity contribution in [2.45, 2.75) is 32.9 Å². The first kappa shape index (κ1) is 13.7. The van der Waals surface area contributed by atoms with Crippen molar-refractivity contribution in [1.82, 2.24) is 19.3 Å². The van der Waals surface area contributed by atoms with Gasteiger partial charge in [-0.1, -0.05) is 18.2 Å². The monoisotopic (exact) mass is 283 g/mol. The Morgan fingerprint density at radius 3 is 2.62 bits per heavy atom. The second-order valence-electron chi connectivity index (χ2n) is 6.29. The number of para-hydroxylation sites is 1. The smallest absolute Gasteiger partial charge is 0.242 e. The average Bonchev–Trinajstić information content (AvgIpc) is 3.02. The molecular formula is C16H21N5. The summed E-state index contributed by atoms with van der Waals surface area (Å²) in [6, 6.07) is 10.6. The van der Waals surface area contributed by atoms with Crippen LogP contribution in [0.15, 0.2) is 36.7 Å². The quantitative estimate of drug-likeness (QED) is 0.803. The maximum Gasteiger partial charge on any atom is 0.242 e. The molecule has 0 aliphatic rings. The van der Waals surface area contributed by atoms with Crippen LogP contribution in [0, 0.1) is 0 Å². The SMILES string of the molecule is Cn1c(CNc2ncn(C(C)(C)C)n2)cc2ccccc21. The van der Waals surface area contributed by atoms with Crippen LogP contribution in [0.25, 0.3) is 10.9 Å². The summed E-state index contributed by atoms with van der Waals surface area (Å²) in [5, 5.41) is 9.01. The van der Waals surface area contributed by atoms with Gasteiger partial charge < -0.3 is 9.88 Å². The van der Waals surface area contributed by atoms with Gasteiger partial charge in [0.2, 0.25) is 5.95 Å². The molecule has 2 heterocycles. The summed E-state index contributed by atoms with van der Waals surface area (Å²) in [7, 11) is 2.08. The van der Waals surface area contributed by atoms with E-state index in [9.17, 15) is 0 Å². The molecule has 0 unspecified atom stereocenters. The molecule has 0 spiro atoms. The lowest BCUT2D eigenvalue weighted by molar-refractivity contribution is 0.355. The van der Waals surface area contributed by atoms with E-state index < -0.39 is 0 Å². The molecule has 2 aromatic heterocycles. The Bertz CT molecular complexity index is 760. The molecule has 110 valence electrons. The lowest BCUT2D eigenvalue weighted by Crippen LogP contribution is -2.22. The molecule has 1 N–H and O–H groups in total. The second kappa shape index (κ2) is 4.91. The largest absolute Gasteiger partial charge is 0.347 e. The Morgan fingerprint density at radius 1 is 1.19 bits per heavy atom. The molecule has 0 atom stereocenters. The Labute approximate surface area is 124 Å². The number of aryl methyl sites for hydroxylation is 1. The van der Waals surface area contributed by atoms with Crippen LogP contribution in [0.3, 0.4) is 0 Å². The number of nitrogens with zero attached hydrogens (tertiary/aromatic N) is 4. The first-order chi connectivity index (χ1) is 9.95. The minimum atomic E-state index is -0.0490. The van der Waals surface area contributed by atoms with E-state index in [0.29, 0.717) is 12.5 Å². The van der Waals surface area contributed by atoms with Crippen molar-refractivity contribution in [3.8, 4) is 0 Å². The van der Waals surface area contributed by atoms with Gasteiger partial charge in [0, 0.05) is 18.3 Å². The molecule has 0 amide bonds. The van der Waals surface area contributed by atoms with E-state index in [-0.39, 0.29) is 5.54 Å². The Balaban J connectivity index is 1.77. The van der Waals surface area contributed by atoms with Crippen molar-refractivity contribution < 1.29 is 0 Å². The average molecular weight is 283 g/mol. The molecule has 21 heavy (non-hydrogen) atoms. The number of nitrogens with one attached hydrogen (secondary N) is 1. The molecular weight excluding hydrogens is 262 g/mol. The highest BCUT2D eigenvalue weighted by atomic mass is 15.4. The molecule has 1 aromatic carbocycles. The molecule has 0 fully saturated rings. The zero-order valence-corrected chi connectivity index (χ0v) is 13.0. The fourth-order valence-corrected chi connectivity index (χ4v) is 2.35. The predicted molar refractivity (Wildman–Crippen MR) is 85.3 cm³/mol. The number of hydrogen-bond donors (Lipinski definition) is 1. The van der Waals surface area contributed by atoms with Gasteiger partial charge in [0.05, 0.1) is 12.1 Å². The van der Waals surface area contributed by atoms with Crippen molar-refractivity contribution in [2.24, 2.45) is 7.05 Å². The van der Waals surface area contributed by atoms with Crippen molar-refractivity contribution in [3.05, 3.63) is 42.4 Å². The van der Waals surface area contributed by atoms with Gasteiger partial charge >= 0.3 is 0 Å². The van der Waals surface area contributed by atoms with Crippen molar-refractivity contribution in [3.63, 3.8) is 0 Å². The van der Waals surface area contributed by atoms with Crippen LogP contribution in [0.4, 0.5) is 5.95 Å². The highest BCUT2D eigenvalue weighted by molar-refractivity contribution is 5.81. The number of hydrogen-bond acceptors (Lipinski definition) is 3. The molecule has 5 heteroatoms. The van der Waals surface area contributed by atoms with E-state index in [1.54, 1.807) is 6.33 Å². The summed E-state index contributed by atoms with van der Waals surface area (Å²) in [6.45, 7) is 7.03. The summed E-state index contributed by atoms with van der Waals surface area (Å²) in [5.41, 5.74) is 2.40. The summed E-state index contributed by atoms with van der Waals surface area (Å²) in [5.74, 6) is 0.662. The molecule has 0 bridgehead atoms. The Morgan fingerprint density at radius 2 is 1.95 bits per heavy atom. The van der Waals surface area contributed by atoms with E-state index >= 15 is 0 Å². The third-order valence-electron chi connectivity index (χ3n) is 3.66. The summed E-state index contributed by atoms with van der Waals surface area (Å²) >= 11 is 0. The van der Waals surface area contributed by atoms with Crippen molar-refractivity contribution in [1.29, 1.82) is 0 Å². The van der Waals surface area contributed by atoms with E-state index in [4.69, 9.17) is 0 Å². The van der Waals surface area contributed by atoms with Crippen LogP contribution in [0.1, 0.15) is 26.5 Å². The number of benzene rings is 1. The van der Waals surface area contributed by atoms with Crippen molar-refractivity contribution >= 4 is 16.9 Å². The summed E-state index contributed by atoms with van der Waals surface area (Å²) in [4.78, 5) is 4.31. The third-order valence-corrected chi connectivity index (χ3v) is 3.66. The maximum atomic E-state index is 4.47. The number of rotatable bonds is 3. The third kappa shape index (κ3) is 2.63. The van der Waals surface area contributed by atoms with E-state index in [1.165, 1.54) is 16.6 Å². The lowest BCUT2D eigenvalue weighted by Gasteiger charge is -2.17. The van der Waals surface area contributed by atoms with E-state index in [1.807, 2.05) is 4.68 Å². The van der Waals surface area contributed by atoms with Crippen LogP contribution in [0.2, 0.25) is 0 Å². The normalized spacial score (nSPS) is 12.0. The fraction of sp³-hybridized carbons (Fsp3) is 0.375. The molecule has 0 saturated carbocycles. The van der Waals surface area contributed by atoms with Crippen LogP contribution in [-0.2, 0) is 19.1 Å². The highest BCUT2D eigenvalue weighted by Gasteiger charge is 2.15. The minimum absolute atomic E-state index is 0.0490. The van der Waals surface area contributed by atoms with Gasteiger partial charge in [0.25, 0.3) is 0 Å². The van der Waals surface area contributed by atoms with Gasteiger partial charge in [-0.05, 0) is 38.3 Å². The van der Waals surface area contributed by atoms with Crippen LogP contribution in [-0.4, -0.2) is 19.3 Å². The zero-order chi connectivity index (χ0) is 15.0. The minimum Gasteiger partial charge on any atom is -0.347 e. The van der Waals surface area contributed by atoms with Gasteiger partial charge in [0.1, 0.15) is 6.33 Å². The van der Waals surface area contributed by atoms with E-state index in [2.05, 4.69) is 78.1 Å². The molecule has 0 aliphatic heterocycles. The van der Waals surface area contributed by atoms with Crippen LogP contribution < -0.4 is 5.32 Å². The standard InChI is InChI=1S/C16H21N5/c1-16(2,3)21-11-18-15(19-21)17-10-13-9-12-7-5-6-8-14(12)20(13)4/h5-9,11H,10H2,1-4H3,(H,17,19). The molecule has 5 nitrogen and oxygen atoms in total. The number of fused-ring (bicyclic) bond motifs is 1. The topological polar surface area (TPSA) is 47.7 Å². The lowest BCUT2D eigenvalue weighted by atomic mass is 10.1. The Hall–Kier alpha value is -2.30. The Kier molecular flexibility index (Phi) is 3.20. The molecule has 0 radical (unpaired) electrons. The second-order valence-corrected chi connectivity index (χ2v) is 6.29. The highest BCUT2D eigenvalue weighted by Crippen LogP contribution is 2.19. The van der Waals surface area contributed by atoms with Gasteiger partial charge in [-0.15, -0.1) is 5.10 Å². The number of aromatic nitrogens is 4. The van der Waals surface area contributed by atoms with Gasteiger partial charge in [-0.3, -0.25) is 0 Å². The van der Waals surface area contributed by atoms with Gasteiger partial charge in [-0.25, -0.2) is 9.67 Å². The zero-order valence-electron chi connectivity index (χ0n) is 13.0. The molecule has 0 saturated heterocycles. The summed E-state index contributed by atoms with van der Waals surface area (Å²) in [6.07, 6.45) is 1.77. The fourth-order valence-electron chi connectivity index (χ4n) is 2.35. The van der Waals surface area contributed by atoms with Gasteiger partial charge in [0.15, 0.2) is 0 Å². The predicted octanol–water partition coefficient (Wildman–Crippen LogP) is 3.14. The number of anilines is 1.